The lowest BCUT2D eigenvalue weighted by atomic mass is 10.1. The lowest BCUT2D eigenvalue weighted by Crippen LogP contribution is -1.92. The van der Waals surface area contributed by atoms with Gasteiger partial charge in [-0.1, -0.05) is 38.0 Å². The number of rotatable bonds is 8. The molecule has 0 amide bonds. The van der Waals surface area contributed by atoms with Gasteiger partial charge in [0.05, 0.1) is 0 Å². The SMILES string of the molecule is C=C(/C=C/C(=O)CCCCC)CCO. The minimum atomic E-state index is 0.0905. The fraction of sp³-hybridized carbons (Fsp3) is 0.583. The van der Waals surface area contributed by atoms with Crippen LogP contribution in [0.3, 0.4) is 0 Å². The van der Waals surface area contributed by atoms with Crippen molar-refractivity contribution < 1.29 is 9.90 Å². The number of allylic oxidation sites excluding steroid dienone is 2. The van der Waals surface area contributed by atoms with Crippen molar-refractivity contribution in [3.05, 3.63) is 24.3 Å². The smallest absolute Gasteiger partial charge is 0.155 e. The first-order valence-corrected chi connectivity index (χ1v) is 5.20. The highest BCUT2D eigenvalue weighted by molar-refractivity contribution is 5.89. The van der Waals surface area contributed by atoms with Crippen molar-refractivity contribution in [2.45, 2.75) is 39.0 Å². The summed E-state index contributed by atoms with van der Waals surface area (Å²) in [6.07, 6.45) is 7.63. The predicted octanol–water partition coefficient (Wildman–Crippen LogP) is 2.63. The molecule has 0 aromatic rings. The van der Waals surface area contributed by atoms with E-state index < -0.39 is 0 Å². The molecule has 0 aliphatic heterocycles. The molecule has 14 heavy (non-hydrogen) atoms. The zero-order chi connectivity index (χ0) is 10.8. The van der Waals surface area contributed by atoms with Gasteiger partial charge in [0.15, 0.2) is 5.78 Å². The van der Waals surface area contributed by atoms with Crippen LogP contribution in [0, 0.1) is 0 Å². The van der Waals surface area contributed by atoms with E-state index in [1.807, 2.05) is 0 Å². The lowest BCUT2D eigenvalue weighted by Gasteiger charge is -1.96. The topological polar surface area (TPSA) is 37.3 Å². The largest absolute Gasteiger partial charge is 0.396 e. The van der Waals surface area contributed by atoms with Gasteiger partial charge in [0.1, 0.15) is 0 Å². The molecule has 0 saturated carbocycles. The minimum Gasteiger partial charge on any atom is -0.396 e. The number of carbonyl (C=O) groups excluding carboxylic acids is 1. The predicted molar refractivity (Wildman–Crippen MR) is 59.1 cm³/mol. The van der Waals surface area contributed by atoms with Gasteiger partial charge in [0.2, 0.25) is 0 Å². The van der Waals surface area contributed by atoms with Gasteiger partial charge in [0.25, 0.3) is 0 Å². The monoisotopic (exact) mass is 196 g/mol. The van der Waals surface area contributed by atoms with E-state index in [4.69, 9.17) is 5.11 Å². The molecule has 0 radical (unpaired) electrons. The molecule has 0 atom stereocenters. The molecule has 0 rings (SSSR count). The Labute approximate surface area is 86.3 Å². The average molecular weight is 196 g/mol. The summed E-state index contributed by atoms with van der Waals surface area (Å²) in [5.74, 6) is 0.150. The Kier molecular flexibility index (Phi) is 8.14. The van der Waals surface area contributed by atoms with Crippen molar-refractivity contribution in [1.82, 2.24) is 0 Å². The van der Waals surface area contributed by atoms with Gasteiger partial charge in [-0.15, -0.1) is 0 Å². The van der Waals surface area contributed by atoms with Crippen LogP contribution in [0.1, 0.15) is 39.0 Å². The first-order chi connectivity index (χ1) is 6.70. The fourth-order valence-corrected chi connectivity index (χ4v) is 1.07. The Morgan fingerprint density at radius 1 is 1.29 bits per heavy atom. The van der Waals surface area contributed by atoms with E-state index in [0.717, 1.165) is 24.8 Å². The third kappa shape index (κ3) is 7.74. The summed E-state index contributed by atoms with van der Waals surface area (Å²) in [5.41, 5.74) is 0.802. The molecule has 0 fully saturated rings. The highest BCUT2D eigenvalue weighted by Gasteiger charge is 1.96. The Bertz CT molecular complexity index is 204. The molecule has 0 saturated heterocycles. The zero-order valence-corrected chi connectivity index (χ0v) is 8.96. The maximum absolute atomic E-state index is 11.2. The van der Waals surface area contributed by atoms with Gasteiger partial charge in [0, 0.05) is 13.0 Å². The van der Waals surface area contributed by atoms with E-state index in [9.17, 15) is 4.79 Å². The van der Waals surface area contributed by atoms with E-state index in [1.54, 1.807) is 12.2 Å². The molecule has 1 N–H and O–H groups in total. The van der Waals surface area contributed by atoms with Crippen LogP contribution in [0.5, 0.6) is 0 Å². The third-order valence-corrected chi connectivity index (χ3v) is 1.96. The van der Waals surface area contributed by atoms with E-state index in [2.05, 4.69) is 13.5 Å². The molecule has 2 heteroatoms. The average Bonchev–Trinajstić information content (AvgIpc) is 2.16. The molecule has 2 nitrogen and oxygen atoms in total. The third-order valence-electron chi connectivity index (χ3n) is 1.96. The number of hydrogen-bond acceptors (Lipinski definition) is 2. The van der Waals surface area contributed by atoms with E-state index in [1.165, 1.54) is 0 Å². The van der Waals surface area contributed by atoms with Crippen molar-refractivity contribution in [1.29, 1.82) is 0 Å². The molecule has 0 bridgehead atoms. The second kappa shape index (κ2) is 8.70. The summed E-state index contributed by atoms with van der Waals surface area (Å²) >= 11 is 0. The molecule has 0 aliphatic carbocycles. The molecule has 80 valence electrons. The quantitative estimate of drug-likeness (QED) is 0.368. The Balaban J connectivity index is 3.64. The fourth-order valence-electron chi connectivity index (χ4n) is 1.07. The summed E-state index contributed by atoms with van der Waals surface area (Å²) in [6, 6.07) is 0. The molecule has 0 unspecified atom stereocenters. The molecular weight excluding hydrogens is 176 g/mol. The van der Waals surface area contributed by atoms with Gasteiger partial charge in [-0.05, 0) is 18.9 Å². The Morgan fingerprint density at radius 3 is 2.57 bits per heavy atom. The molecule has 0 aromatic heterocycles. The van der Waals surface area contributed by atoms with Gasteiger partial charge in [-0.25, -0.2) is 0 Å². The van der Waals surface area contributed by atoms with Crippen LogP contribution in [0.4, 0.5) is 0 Å². The number of carbonyl (C=O) groups is 1. The van der Waals surface area contributed by atoms with Gasteiger partial charge in [-0.2, -0.15) is 0 Å². The second-order valence-corrected chi connectivity index (χ2v) is 3.39. The van der Waals surface area contributed by atoms with E-state index >= 15 is 0 Å². The van der Waals surface area contributed by atoms with E-state index in [0.29, 0.717) is 12.8 Å². The molecule has 0 aromatic carbocycles. The second-order valence-electron chi connectivity index (χ2n) is 3.39. The van der Waals surface area contributed by atoms with Gasteiger partial charge < -0.3 is 5.11 Å². The Morgan fingerprint density at radius 2 is 2.00 bits per heavy atom. The first-order valence-electron chi connectivity index (χ1n) is 5.20. The molecular formula is C12H20O2. The maximum Gasteiger partial charge on any atom is 0.155 e. The van der Waals surface area contributed by atoms with Crippen molar-refractivity contribution >= 4 is 5.78 Å². The van der Waals surface area contributed by atoms with Crippen LogP contribution >= 0.6 is 0 Å². The summed E-state index contributed by atoms with van der Waals surface area (Å²) in [4.78, 5) is 11.2. The van der Waals surface area contributed by atoms with Crippen LogP contribution in [0.25, 0.3) is 0 Å². The number of hydrogen-bond donors (Lipinski definition) is 1. The minimum absolute atomic E-state index is 0.0905. The van der Waals surface area contributed by atoms with Crippen LogP contribution in [0.15, 0.2) is 24.3 Å². The number of aliphatic hydroxyl groups excluding tert-OH is 1. The van der Waals surface area contributed by atoms with Crippen molar-refractivity contribution in [3.8, 4) is 0 Å². The summed E-state index contributed by atoms with van der Waals surface area (Å²) in [7, 11) is 0. The van der Waals surface area contributed by atoms with Crippen LogP contribution < -0.4 is 0 Å². The van der Waals surface area contributed by atoms with Crippen LogP contribution in [-0.2, 0) is 4.79 Å². The number of ketones is 1. The standard InChI is InChI=1S/C12H20O2/c1-3-4-5-6-12(14)8-7-11(2)9-10-13/h7-8,13H,2-6,9-10H2,1H3/b8-7+. The highest BCUT2D eigenvalue weighted by Crippen LogP contribution is 2.03. The zero-order valence-electron chi connectivity index (χ0n) is 8.96. The lowest BCUT2D eigenvalue weighted by molar-refractivity contribution is -0.114. The van der Waals surface area contributed by atoms with Gasteiger partial charge >= 0.3 is 0 Å². The van der Waals surface area contributed by atoms with Crippen LogP contribution in [0.2, 0.25) is 0 Å². The van der Waals surface area contributed by atoms with Gasteiger partial charge in [-0.3, -0.25) is 4.79 Å². The van der Waals surface area contributed by atoms with Crippen molar-refractivity contribution in [3.63, 3.8) is 0 Å². The molecule has 0 aliphatic rings. The Hall–Kier alpha value is -0.890. The summed E-state index contributed by atoms with van der Waals surface area (Å²) in [6.45, 7) is 5.92. The number of aliphatic hydroxyl groups is 1. The van der Waals surface area contributed by atoms with Crippen molar-refractivity contribution in [2.24, 2.45) is 0 Å². The van der Waals surface area contributed by atoms with Crippen molar-refractivity contribution in [2.75, 3.05) is 6.61 Å². The van der Waals surface area contributed by atoms with E-state index in [-0.39, 0.29) is 12.4 Å². The van der Waals surface area contributed by atoms with Crippen LogP contribution in [-0.4, -0.2) is 17.5 Å². The first kappa shape index (κ1) is 13.1. The molecule has 0 heterocycles. The number of unbranched alkanes of at least 4 members (excludes halogenated alkanes) is 2. The normalized spacial score (nSPS) is 10.7. The summed E-state index contributed by atoms with van der Waals surface area (Å²) < 4.78 is 0. The summed E-state index contributed by atoms with van der Waals surface area (Å²) in [5, 5.41) is 8.60. The maximum atomic E-state index is 11.2. The highest BCUT2D eigenvalue weighted by atomic mass is 16.2. The molecule has 0 spiro atoms.